The molecule has 0 bridgehead atoms. The molecule has 84 valence electrons. The molecule has 15 heavy (non-hydrogen) atoms. The van der Waals surface area contributed by atoms with E-state index in [0.29, 0.717) is 6.04 Å². The van der Waals surface area contributed by atoms with E-state index in [1.54, 1.807) is 6.33 Å². The van der Waals surface area contributed by atoms with Crippen LogP contribution in [0.5, 0.6) is 0 Å². The molecule has 0 spiro atoms. The molecule has 0 fully saturated rings. The van der Waals surface area contributed by atoms with Gasteiger partial charge in [0.05, 0.1) is 0 Å². The third-order valence-corrected chi connectivity index (χ3v) is 2.53. The van der Waals surface area contributed by atoms with Crippen LogP contribution in [-0.4, -0.2) is 16.5 Å². The Kier molecular flexibility index (Phi) is 5.93. The second-order valence-corrected chi connectivity index (χ2v) is 3.78. The third-order valence-electron chi connectivity index (χ3n) is 2.53. The first-order valence-electron chi connectivity index (χ1n) is 5.86. The van der Waals surface area contributed by atoms with Crippen molar-refractivity contribution in [3.05, 3.63) is 24.3 Å². The van der Waals surface area contributed by atoms with Crippen LogP contribution in [0.2, 0.25) is 0 Å². The summed E-state index contributed by atoms with van der Waals surface area (Å²) in [5.74, 6) is 0. The minimum Gasteiger partial charge on any atom is -0.310 e. The molecule has 1 unspecified atom stereocenters. The maximum atomic E-state index is 4.06. The van der Waals surface area contributed by atoms with E-state index in [2.05, 4.69) is 29.1 Å². The minimum absolute atomic E-state index is 0.419. The van der Waals surface area contributed by atoms with Gasteiger partial charge in [-0.05, 0) is 13.0 Å². The van der Waals surface area contributed by atoms with Gasteiger partial charge in [0.1, 0.15) is 6.33 Å². The Balaban J connectivity index is 2.50. The van der Waals surface area contributed by atoms with Gasteiger partial charge in [-0.2, -0.15) is 0 Å². The van der Waals surface area contributed by atoms with E-state index in [4.69, 9.17) is 0 Å². The van der Waals surface area contributed by atoms with Crippen molar-refractivity contribution in [3.63, 3.8) is 0 Å². The van der Waals surface area contributed by atoms with Gasteiger partial charge in [-0.3, -0.25) is 0 Å². The predicted octanol–water partition coefficient (Wildman–Crippen LogP) is 2.71. The summed E-state index contributed by atoms with van der Waals surface area (Å²) in [6, 6.07) is 0.419. The molecule has 0 aliphatic carbocycles. The van der Waals surface area contributed by atoms with Gasteiger partial charge in [0.15, 0.2) is 0 Å². The largest absolute Gasteiger partial charge is 0.310 e. The number of aromatic nitrogens is 2. The summed E-state index contributed by atoms with van der Waals surface area (Å²) in [5, 5.41) is 3.48. The molecule has 0 aliphatic heterocycles. The van der Waals surface area contributed by atoms with Gasteiger partial charge < -0.3 is 5.32 Å². The van der Waals surface area contributed by atoms with Crippen LogP contribution in [0.25, 0.3) is 0 Å². The molecule has 1 rings (SSSR count). The highest BCUT2D eigenvalue weighted by Gasteiger charge is 2.09. The Morgan fingerprint density at radius 3 is 2.53 bits per heavy atom. The highest BCUT2D eigenvalue weighted by atomic mass is 14.9. The van der Waals surface area contributed by atoms with E-state index in [0.717, 1.165) is 6.54 Å². The number of hydrogen-bond acceptors (Lipinski definition) is 3. The number of rotatable bonds is 7. The molecule has 3 heteroatoms. The SMILES string of the molecule is CCCCCC(NCC)c1cncnc1. The quantitative estimate of drug-likeness (QED) is 0.699. The summed E-state index contributed by atoms with van der Waals surface area (Å²) in [7, 11) is 0. The molecule has 1 aromatic rings. The molecule has 1 atom stereocenters. The van der Waals surface area contributed by atoms with Crippen LogP contribution in [0.4, 0.5) is 0 Å². The summed E-state index contributed by atoms with van der Waals surface area (Å²) in [4.78, 5) is 8.13. The van der Waals surface area contributed by atoms with Crippen LogP contribution < -0.4 is 5.32 Å². The fraction of sp³-hybridized carbons (Fsp3) is 0.667. The lowest BCUT2D eigenvalue weighted by Gasteiger charge is -2.17. The van der Waals surface area contributed by atoms with Crippen molar-refractivity contribution >= 4 is 0 Å². The van der Waals surface area contributed by atoms with Gasteiger partial charge in [-0.1, -0.05) is 33.1 Å². The zero-order valence-corrected chi connectivity index (χ0v) is 9.74. The summed E-state index contributed by atoms with van der Waals surface area (Å²) in [6.07, 6.45) is 10.4. The average molecular weight is 207 g/mol. The predicted molar refractivity (Wildman–Crippen MR) is 62.6 cm³/mol. The van der Waals surface area contributed by atoms with Crippen molar-refractivity contribution in [2.75, 3.05) is 6.54 Å². The summed E-state index contributed by atoms with van der Waals surface area (Å²) < 4.78 is 0. The molecule has 0 saturated carbocycles. The zero-order valence-electron chi connectivity index (χ0n) is 9.74. The van der Waals surface area contributed by atoms with Gasteiger partial charge in [0.2, 0.25) is 0 Å². The maximum Gasteiger partial charge on any atom is 0.115 e. The molecule has 0 saturated heterocycles. The molecule has 0 aromatic carbocycles. The normalized spacial score (nSPS) is 12.7. The second kappa shape index (κ2) is 7.35. The highest BCUT2D eigenvalue weighted by molar-refractivity contribution is 5.08. The number of nitrogens with zero attached hydrogens (tertiary/aromatic N) is 2. The summed E-state index contributed by atoms with van der Waals surface area (Å²) >= 11 is 0. The van der Waals surface area contributed by atoms with E-state index in [1.165, 1.54) is 31.2 Å². The molecule has 3 nitrogen and oxygen atoms in total. The number of hydrogen-bond donors (Lipinski definition) is 1. The minimum atomic E-state index is 0.419. The molecular formula is C12H21N3. The topological polar surface area (TPSA) is 37.8 Å². The first kappa shape index (κ1) is 12.1. The molecule has 1 N–H and O–H groups in total. The van der Waals surface area contributed by atoms with E-state index in [9.17, 15) is 0 Å². The van der Waals surface area contributed by atoms with Crippen LogP contribution >= 0.6 is 0 Å². The zero-order chi connectivity index (χ0) is 10.9. The maximum absolute atomic E-state index is 4.06. The van der Waals surface area contributed by atoms with Crippen molar-refractivity contribution in [1.29, 1.82) is 0 Å². The Hall–Kier alpha value is -0.960. The van der Waals surface area contributed by atoms with Crippen molar-refractivity contribution in [2.24, 2.45) is 0 Å². The fourth-order valence-corrected chi connectivity index (χ4v) is 1.72. The molecule has 0 aliphatic rings. The number of unbranched alkanes of at least 4 members (excludes halogenated alkanes) is 2. The lowest BCUT2D eigenvalue weighted by Crippen LogP contribution is -2.21. The highest BCUT2D eigenvalue weighted by Crippen LogP contribution is 2.17. The van der Waals surface area contributed by atoms with Crippen molar-refractivity contribution in [3.8, 4) is 0 Å². The van der Waals surface area contributed by atoms with E-state index in [-0.39, 0.29) is 0 Å². The summed E-state index contributed by atoms with van der Waals surface area (Å²) in [5.41, 5.74) is 1.20. The smallest absolute Gasteiger partial charge is 0.115 e. The second-order valence-electron chi connectivity index (χ2n) is 3.78. The molecule has 0 amide bonds. The van der Waals surface area contributed by atoms with Gasteiger partial charge in [-0.25, -0.2) is 9.97 Å². The molecule has 1 aromatic heterocycles. The molecule has 0 radical (unpaired) electrons. The van der Waals surface area contributed by atoms with Gasteiger partial charge >= 0.3 is 0 Å². The molecular weight excluding hydrogens is 186 g/mol. The Labute approximate surface area is 92.3 Å². The third kappa shape index (κ3) is 4.38. The Bertz CT molecular complexity index is 248. The van der Waals surface area contributed by atoms with Crippen LogP contribution in [0.1, 0.15) is 51.1 Å². The van der Waals surface area contributed by atoms with Crippen molar-refractivity contribution < 1.29 is 0 Å². The molecule has 1 heterocycles. The first-order chi connectivity index (χ1) is 7.38. The van der Waals surface area contributed by atoms with Crippen LogP contribution in [0.3, 0.4) is 0 Å². The lowest BCUT2D eigenvalue weighted by atomic mass is 10.0. The van der Waals surface area contributed by atoms with Crippen molar-refractivity contribution in [1.82, 2.24) is 15.3 Å². The van der Waals surface area contributed by atoms with Crippen LogP contribution in [0, 0.1) is 0 Å². The van der Waals surface area contributed by atoms with Gasteiger partial charge in [0.25, 0.3) is 0 Å². The Morgan fingerprint density at radius 1 is 1.20 bits per heavy atom. The average Bonchev–Trinajstić information content (AvgIpc) is 2.29. The lowest BCUT2D eigenvalue weighted by molar-refractivity contribution is 0.484. The monoisotopic (exact) mass is 207 g/mol. The fourth-order valence-electron chi connectivity index (χ4n) is 1.72. The van der Waals surface area contributed by atoms with Gasteiger partial charge in [-0.15, -0.1) is 0 Å². The van der Waals surface area contributed by atoms with Gasteiger partial charge in [0, 0.05) is 24.0 Å². The van der Waals surface area contributed by atoms with Crippen LogP contribution in [0.15, 0.2) is 18.7 Å². The van der Waals surface area contributed by atoms with E-state index in [1.807, 2.05) is 12.4 Å². The summed E-state index contributed by atoms with van der Waals surface area (Å²) in [6.45, 7) is 5.36. The van der Waals surface area contributed by atoms with E-state index < -0.39 is 0 Å². The standard InChI is InChI=1S/C12H21N3/c1-3-5-6-7-12(15-4-2)11-8-13-10-14-9-11/h8-10,12,15H,3-7H2,1-2H3. The van der Waals surface area contributed by atoms with Crippen LogP contribution in [-0.2, 0) is 0 Å². The first-order valence-corrected chi connectivity index (χ1v) is 5.86. The van der Waals surface area contributed by atoms with E-state index >= 15 is 0 Å². The Morgan fingerprint density at radius 2 is 1.93 bits per heavy atom. The number of nitrogens with one attached hydrogen (secondary N) is 1. The van der Waals surface area contributed by atoms with Crippen molar-refractivity contribution in [2.45, 2.75) is 45.6 Å².